The lowest BCUT2D eigenvalue weighted by atomic mass is 9.83. The van der Waals surface area contributed by atoms with Crippen molar-refractivity contribution in [2.24, 2.45) is 11.8 Å². The van der Waals surface area contributed by atoms with Gasteiger partial charge in [0.15, 0.2) is 5.78 Å². The molecule has 2 aliphatic carbocycles. The minimum Gasteiger partial charge on any atom is -0.339 e. The number of alkyl halides is 1. The zero-order valence-corrected chi connectivity index (χ0v) is 19.7. The van der Waals surface area contributed by atoms with E-state index in [0.717, 1.165) is 37.0 Å². The fourth-order valence-electron chi connectivity index (χ4n) is 5.10. The highest BCUT2D eigenvalue weighted by Crippen LogP contribution is 2.40. The number of rotatable bonds is 4. The van der Waals surface area contributed by atoms with Crippen molar-refractivity contribution in [3.8, 4) is 0 Å². The van der Waals surface area contributed by atoms with E-state index in [1.807, 2.05) is 26.8 Å². The van der Waals surface area contributed by atoms with Gasteiger partial charge in [0, 0.05) is 23.8 Å². The van der Waals surface area contributed by atoms with E-state index in [-0.39, 0.29) is 34.8 Å². The van der Waals surface area contributed by atoms with Crippen LogP contribution >= 0.6 is 22.9 Å². The van der Waals surface area contributed by atoms with Gasteiger partial charge in [-0.3, -0.25) is 14.4 Å². The first-order valence-corrected chi connectivity index (χ1v) is 12.6. The van der Waals surface area contributed by atoms with Crippen LogP contribution in [0.5, 0.6) is 0 Å². The van der Waals surface area contributed by atoms with Crippen molar-refractivity contribution in [1.29, 1.82) is 0 Å². The summed E-state index contributed by atoms with van der Waals surface area (Å²) >= 11 is 7.91. The van der Waals surface area contributed by atoms with Gasteiger partial charge in [-0.1, -0.05) is 33.1 Å². The lowest BCUT2D eigenvalue weighted by molar-refractivity contribution is -0.140. The van der Waals surface area contributed by atoms with Gasteiger partial charge < -0.3 is 10.2 Å². The fourth-order valence-corrected chi connectivity index (χ4v) is 6.28. The predicted molar refractivity (Wildman–Crippen MR) is 121 cm³/mol. The van der Waals surface area contributed by atoms with Gasteiger partial charge in [0.1, 0.15) is 6.04 Å². The summed E-state index contributed by atoms with van der Waals surface area (Å²) in [6, 6.07) is 2.74. The number of carbonyl (C=O) groups is 3. The van der Waals surface area contributed by atoms with Gasteiger partial charge in [0.05, 0.1) is 16.3 Å². The quantitative estimate of drug-likeness (QED) is 0.681. The van der Waals surface area contributed by atoms with E-state index >= 15 is 0 Å². The lowest BCUT2D eigenvalue weighted by Crippen LogP contribution is -2.55. The molecule has 2 heterocycles. The molecule has 2 saturated carbocycles. The Labute approximate surface area is 188 Å². The zero-order valence-electron chi connectivity index (χ0n) is 18.2. The van der Waals surface area contributed by atoms with Crippen molar-refractivity contribution in [3.05, 3.63) is 21.9 Å². The number of amides is 2. The molecule has 0 aromatic carbocycles. The summed E-state index contributed by atoms with van der Waals surface area (Å²) in [5.41, 5.74) is 0. The number of halogens is 1. The third kappa shape index (κ3) is 4.75. The summed E-state index contributed by atoms with van der Waals surface area (Å²) in [5.74, 6) is -0.0275. The smallest absolute Gasteiger partial charge is 0.262 e. The van der Waals surface area contributed by atoms with Crippen LogP contribution in [0.4, 0.5) is 0 Å². The Bertz CT molecular complexity index is 774. The molecule has 5 nitrogen and oxygen atoms in total. The summed E-state index contributed by atoms with van der Waals surface area (Å²) in [6.07, 6.45) is 6.44. The predicted octanol–water partition coefficient (Wildman–Crippen LogP) is 4.56. The highest BCUT2D eigenvalue weighted by Gasteiger charge is 2.52. The molecule has 3 aliphatic rings. The number of nitrogens with zero attached hydrogens (tertiary/aromatic N) is 1. The van der Waals surface area contributed by atoms with Crippen molar-refractivity contribution >= 4 is 40.5 Å². The van der Waals surface area contributed by atoms with E-state index in [9.17, 15) is 14.4 Å². The number of ketones is 1. The maximum absolute atomic E-state index is 13.6. The number of hydrogen-bond donors (Lipinski definition) is 1. The number of Topliss-reactive ketones (excluding diaryl/α,β-unsaturated/α-hetero) is 1. The molecule has 7 heteroatoms. The summed E-state index contributed by atoms with van der Waals surface area (Å²) < 4.78 is 0. The minimum atomic E-state index is -0.578. The van der Waals surface area contributed by atoms with Crippen LogP contribution < -0.4 is 5.32 Å². The lowest BCUT2D eigenvalue weighted by Gasteiger charge is -2.34. The zero-order chi connectivity index (χ0) is 21.8. The summed E-state index contributed by atoms with van der Waals surface area (Å²) in [6.45, 7) is 6.36. The first kappa shape index (κ1) is 23.3. The van der Waals surface area contributed by atoms with Gasteiger partial charge in [0.2, 0.25) is 5.91 Å². The first-order valence-electron chi connectivity index (χ1n) is 11.3. The van der Waals surface area contributed by atoms with Crippen LogP contribution in [0.1, 0.15) is 73.3 Å². The van der Waals surface area contributed by atoms with Crippen LogP contribution in [-0.4, -0.2) is 46.5 Å². The SMILES string of the molecule is CC.Cc1ccc(C(=O)N[C@H](C(=O)N2C[C@H](Cl)[C@H]3CCC(=O)[C@H]32)C2CCCCC2)s1. The monoisotopic (exact) mass is 452 g/mol. The Balaban J connectivity index is 0.00000124. The molecule has 1 aromatic rings. The average Bonchev–Trinajstić information content (AvgIpc) is 3.46. The van der Waals surface area contributed by atoms with Crippen LogP contribution in [0.25, 0.3) is 0 Å². The third-order valence-corrected chi connectivity index (χ3v) is 8.01. The normalized spacial score (nSPS) is 27.3. The largest absolute Gasteiger partial charge is 0.339 e. The molecule has 1 aliphatic heterocycles. The van der Waals surface area contributed by atoms with Gasteiger partial charge in [-0.15, -0.1) is 22.9 Å². The molecule has 4 rings (SSSR count). The fraction of sp³-hybridized carbons (Fsp3) is 0.696. The Kier molecular flexibility index (Phi) is 7.97. The number of carbonyl (C=O) groups excluding carboxylic acids is 3. The standard InChI is InChI=1S/C21H27ClN2O3S.C2H6/c1-12-7-10-17(28-12)20(26)23-18(13-5-3-2-4-6-13)21(27)24-11-15(22)14-8-9-16(25)19(14)24;1-2/h7,10,13-15,18-19H,2-6,8-9,11H2,1H3,(H,23,26);1-2H3/t14-,15+,18+,19+;/m1./s1. The van der Waals surface area contributed by atoms with E-state index in [1.165, 1.54) is 17.8 Å². The first-order chi connectivity index (χ1) is 14.5. The van der Waals surface area contributed by atoms with Crippen molar-refractivity contribution < 1.29 is 14.4 Å². The summed E-state index contributed by atoms with van der Waals surface area (Å²) in [7, 11) is 0. The van der Waals surface area contributed by atoms with Gasteiger partial charge in [0.25, 0.3) is 5.91 Å². The van der Waals surface area contributed by atoms with E-state index in [2.05, 4.69) is 5.32 Å². The second-order valence-corrected chi connectivity index (χ2v) is 10.2. The maximum Gasteiger partial charge on any atom is 0.262 e. The molecule has 0 radical (unpaired) electrons. The number of fused-ring (bicyclic) bond motifs is 1. The Morgan fingerprint density at radius 3 is 2.50 bits per heavy atom. The highest BCUT2D eigenvalue weighted by molar-refractivity contribution is 7.13. The van der Waals surface area contributed by atoms with Gasteiger partial charge in [-0.05, 0) is 44.2 Å². The van der Waals surface area contributed by atoms with Crippen LogP contribution in [0, 0.1) is 18.8 Å². The molecule has 30 heavy (non-hydrogen) atoms. The van der Waals surface area contributed by atoms with E-state index in [4.69, 9.17) is 11.6 Å². The molecule has 1 saturated heterocycles. The van der Waals surface area contributed by atoms with E-state index in [0.29, 0.717) is 17.8 Å². The number of thiophene rings is 1. The minimum absolute atomic E-state index is 0.0563. The molecule has 4 atom stereocenters. The number of hydrogen-bond acceptors (Lipinski definition) is 4. The maximum atomic E-state index is 13.6. The molecule has 166 valence electrons. The second kappa shape index (κ2) is 10.3. The average molecular weight is 453 g/mol. The number of likely N-dealkylation sites (tertiary alicyclic amines) is 1. The Morgan fingerprint density at radius 2 is 1.87 bits per heavy atom. The number of aryl methyl sites for hydroxylation is 1. The molecule has 0 bridgehead atoms. The Hall–Kier alpha value is -1.40. The number of nitrogens with one attached hydrogen (secondary N) is 1. The van der Waals surface area contributed by atoms with Gasteiger partial charge in [-0.2, -0.15) is 0 Å². The van der Waals surface area contributed by atoms with Crippen molar-refractivity contribution in [1.82, 2.24) is 10.2 Å². The Morgan fingerprint density at radius 1 is 1.17 bits per heavy atom. The van der Waals surface area contributed by atoms with Crippen LogP contribution in [-0.2, 0) is 9.59 Å². The topological polar surface area (TPSA) is 66.5 Å². The second-order valence-electron chi connectivity index (χ2n) is 8.38. The molecular formula is C23H33ClN2O3S. The van der Waals surface area contributed by atoms with Crippen molar-refractivity contribution in [3.63, 3.8) is 0 Å². The molecule has 3 fully saturated rings. The van der Waals surface area contributed by atoms with Gasteiger partial charge >= 0.3 is 0 Å². The molecule has 0 spiro atoms. The summed E-state index contributed by atoms with van der Waals surface area (Å²) in [5, 5.41) is 2.85. The van der Waals surface area contributed by atoms with Crippen LogP contribution in [0.2, 0.25) is 0 Å². The molecule has 1 N–H and O–H groups in total. The summed E-state index contributed by atoms with van der Waals surface area (Å²) in [4.78, 5) is 42.2. The van der Waals surface area contributed by atoms with Crippen LogP contribution in [0.3, 0.4) is 0 Å². The van der Waals surface area contributed by atoms with Gasteiger partial charge in [-0.25, -0.2) is 0 Å². The third-order valence-electron chi connectivity index (χ3n) is 6.55. The van der Waals surface area contributed by atoms with E-state index in [1.54, 1.807) is 11.0 Å². The van der Waals surface area contributed by atoms with Crippen molar-refractivity contribution in [2.45, 2.75) is 83.2 Å². The highest BCUT2D eigenvalue weighted by atomic mass is 35.5. The van der Waals surface area contributed by atoms with E-state index < -0.39 is 12.1 Å². The molecule has 2 amide bonds. The molecular weight excluding hydrogens is 420 g/mol. The molecule has 0 unspecified atom stereocenters. The van der Waals surface area contributed by atoms with Crippen molar-refractivity contribution in [2.75, 3.05) is 6.54 Å². The van der Waals surface area contributed by atoms with Crippen LogP contribution in [0.15, 0.2) is 12.1 Å². The molecule has 1 aromatic heterocycles.